The molecule has 0 radical (unpaired) electrons. The highest BCUT2D eigenvalue weighted by molar-refractivity contribution is 5.40. The topological polar surface area (TPSA) is 72.4 Å². The second-order valence-electron chi connectivity index (χ2n) is 3.88. The van der Waals surface area contributed by atoms with Crippen molar-refractivity contribution in [2.45, 2.75) is 19.3 Å². The highest BCUT2D eigenvalue weighted by Gasteiger charge is 2.06. The predicted octanol–water partition coefficient (Wildman–Crippen LogP) is 2.36. The van der Waals surface area contributed by atoms with Gasteiger partial charge in [0.2, 0.25) is 0 Å². The summed E-state index contributed by atoms with van der Waals surface area (Å²) < 4.78 is 0. The van der Waals surface area contributed by atoms with Gasteiger partial charge in [-0.25, -0.2) is 0 Å². The van der Waals surface area contributed by atoms with Crippen LogP contribution in [0.1, 0.15) is 19.3 Å². The largest absolute Gasteiger partial charge is 0.320 e. The average molecular weight is 236 g/mol. The summed E-state index contributed by atoms with van der Waals surface area (Å²) in [5.74, 6) is 5.32. The Labute approximate surface area is 99.9 Å². The number of hydrogen-bond acceptors (Lipinski definition) is 5. The van der Waals surface area contributed by atoms with Gasteiger partial charge >= 0.3 is 0 Å². The molecule has 92 valence electrons. The van der Waals surface area contributed by atoms with Crippen molar-refractivity contribution in [3.8, 4) is 5.75 Å². The molecule has 6 nitrogen and oxygen atoms in total. The first-order valence-corrected chi connectivity index (χ1v) is 5.68. The van der Waals surface area contributed by atoms with Gasteiger partial charge in [0.1, 0.15) is 0 Å². The monoisotopic (exact) mass is 236 g/mol. The van der Waals surface area contributed by atoms with Gasteiger partial charge in [-0.2, -0.15) is 5.90 Å². The van der Waals surface area contributed by atoms with Crippen LogP contribution in [0.3, 0.4) is 0 Å². The highest BCUT2D eigenvalue weighted by Crippen LogP contribution is 2.19. The summed E-state index contributed by atoms with van der Waals surface area (Å²) in [6.07, 6.45) is 3.68. The van der Waals surface area contributed by atoms with Crippen molar-refractivity contribution in [2.24, 2.45) is 16.2 Å². The molecule has 1 aliphatic rings. The van der Waals surface area contributed by atoms with Crippen LogP contribution in [0.25, 0.3) is 0 Å². The molecule has 1 fully saturated rings. The normalized spacial score (nSPS) is 16.4. The molecule has 0 amide bonds. The SMILES string of the molecule is NOOc1ccc(/N=N/N2CCCCC2)cc1. The lowest BCUT2D eigenvalue weighted by Gasteiger charge is -2.21. The third kappa shape index (κ3) is 3.69. The molecule has 1 aliphatic heterocycles. The van der Waals surface area contributed by atoms with Crippen LogP contribution in [0.15, 0.2) is 34.6 Å². The zero-order valence-electron chi connectivity index (χ0n) is 9.58. The minimum atomic E-state index is 0.532. The first-order valence-electron chi connectivity index (χ1n) is 5.68. The third-order valence-electron chi connectivity index (χ3n) is 2.60. The van der Waals surface area contributed by atoms with Gasteiger partial charge < -0.3 is 4.89 Å². The van der Waals surface area contributed by atoms with Crippen LogP contribution in [0, 0.1) is 0 Å². The molecule has 2 rings (SSSR count). The second kappa shape index (κ2) is 6.17. The van der Waals surface area contributed by atoms with Crippen LogP contribution in [0.4, 0.5) is 5.69 Å². The zero-order chi connectivity index (χ0) is 11.9. The highest BCUT2D eigenvalue weighted by atomic mass is 17.3. The number of hydrogen-bond donors (Lipinski definition) is 1. The molecule has 0 spiro atoms. The Morgan fingerprint density at radius 2 is 1.76 bits per heavy atom. The second-order valence-corrected chi connectivity index (χ2v) is 3.88. The van der Waals surface area contributed by atoms with Crippen LogP contribution >= 0.6 is 0 Å². The van der Waals surface area contributed by atoms with E-state index in [9.17, 15) is 0 Å². The van der Waals surface area contributed by atoms with Gasteiger partial charge in [-0.1, -0.05) is 10.2 Å². The van der Waals surface area contributed by atoms with E-state index < -0.39 is 0 Å². The van der Waals surface area contributed by atoms with Crippen molar-refractivity contribution in [3.05, 3.63) is 24.3 Å². The lowest BCUT2D eigenvalue weighted by Crippen LogP contribution is -2.23. The van der Waals surface area contributed by atoms with Gasteiger partial charge in [0.05, 0.1) is 5.69 Å². The number of rotatable bonds is 4. The fourth-order valence-electron chi connectivity index (χ4n) is 1.71. The number of piperidine rings is 1. The van der Waals surface area contributed by atoms with E-state index in [2.05, 4.69) is 20.2 Å². The maximum absolute atomic E-state index is 4.78. The van der Waals surface area contributed by atoms with Crippen LogP contribution < -0.4 is 10.8 Å². The standard InChI is InChI=1S/C11H16N4O2/c12-17-16-11-6-4-10(5-7-11)13-14-15-8-2-1-3-9-15/h4-7H,1-3,8-9,12H2/b14-13+. The van der Waals surface area contributed by atoms with E-state index >= 15 is 0 Å². The molecule has 1 aromatic rings. The van der Waals surface area contributed by atoms with Crippen molar-refractivity contribution in [3.63, 3.8) is 0 Å². The molecule has 0 aliphatic carbocycles. The summed E-state index contributed by atoms with van der Waals surface area (Å²) in [4.78, 5) is 8.71. The van der Waals surface area contributed by atoms with Gasteiger partial charge in [-0.3, -0.25) is 5.01 Å². The van der Waals surface area contributed by atoms with Gasteiger partial charge in [-0.05, 0) is 43.5 Å². The minimum absolute atomic E-state index is 0.532. The summed E-state index contributed by atoms with van der Waals surface area (Å²) >= 11 is 0. The van der Waals surface area contributed by atoms with Crippen molar-refractivity contribution >= 4 is 5.69 Å². The summed E-state index contributed by atoms with van der Waals surface area (Å²) in [7, 11) is 0. The molecule has 2 N–H and O–H groups in total. The Hall–Kier alpha value is -1.66. The molecule has 1 saturated heterocycles. The van der Waals surface area contributed by atoms with Crippen LogP contribution in [0.2, 0.25) is 0 Å². The van der Waals surface area contributed by atoms with Crippen LogP contribution in [-0.2, 0) is 4.99 Å². The molecule has 0 saturated carbocycles. The Bertz CT molecular complexity index is 360. The molecular formula is C11H16N4O2. The van der Waals surface area contributed by atoms with Crippen LogP contribution in [-0.4, -0.2) is 18.1 Å². The first-order chi connectivity index (χ1) is 8.38. The smallest absolute Gasteiger partial charge is 0.167 e. The molecule has 0 aromatic heterocycles. The third-order valence-corrected chi connectivity index (χ3v) is 2.60. The summed E-state index contributed by atoms with van der Waals surface area (Å²) in [6, 6.07) is 7.03. The predicted molar refractivity (Wildman–Crippen MR) is 62.3 cm³/mol. The summed E-state index contributed by atoms with van der Waals surface area (Å²) in [6.45, 7) is 1.98. The van der Waals surface area contributed by atoms with Crippen molar-refractivity contribution in [2.75, 3.05) is 13.1 Å². The Kier molecular flexibility index (Phi) is 4.29. The van der Waals surface area contributed by atoms with Crippen LogP contribution in [0.5, 0.6) is 5.75 Å². The van der Waals surface area contributed by atoms with E-state index in [1.807, 2.05) is 5.01 Å². The van der Waals surface area contributed by atoms with Crippen molar-refractivity contribution < 1.29 is 9.88 Å². The number of benzene rings is 1. The summed E-state index contributed by atoms with van der Waals surface area (Å²) in [5.41, 5.74) is 0.778. The van der Waals surface area contributed by atoms with Crippen molar-refractivity contribution in [1.29, 1.82) is 0 Å². The molecule has 0 unspecified atom stereocenters. The lowest BCUT2D eigenvalue weighted by atomic mass is 10.2. The van der Waals surface area contributed by atoms with E-state index in [1.165, 1.54) is 19.3 Å². The maximum Gasteiger partial charge on any atom is 0.167 e. The van der Waals surface area contributed by atoms with Gasteiger partial charge in [0, 0.05) is 13.1 Å². The minimum Gasteiger partial charge on any atom is -0.320 e. The van der Waals surface area contributed by atoms with E-state index in [0.29, 0.717) is 5.75 Å². The maximum atomic E-state index is 4.78. The van der Waals surface area contributed by atoms with Crippen molar-refractivity contribution in [1.82, 2.24) is 5.01 Å². The Morgan fingerprint density at radius 1 is 1.06 bits per heavy atom. The molecule has 0 bridgehead atoms. The van der Waals surface area contributed by atoms with E-state index in [1.54, 1.807) is 24.3 Å². The molecular weight excluding hydrogens is 220 g/mol. The fourth-order valence-corrected chi connectivity index (χ4v) is 1.71. The zero-order valence-corrected chi connectivity index (χ0v) is 9.58. The molecule has 1 aromatic carbocycles. The first kappa shape index (κ1) is 11.8. The van der Waals surface area contributed by atoms with E-state index in [-0.39, 0.29) is 0 Å². The number of nitrogens with zero attached hydrogens (tertiary/aromatic N) is 3. The van der Waals surface area contributed by atoms with E-state index in [0.717, 1.165) is 18.8 Å². The lowest BCUT2D eigenvalue weighted by molar-refractivity contribution is -0.211. The molecule has 1 heterocycles. The quantitative estimate of drug-likeness (QED) is 0.495. The van der Waals surface area contributed by atoms with Gasteiger partial charge in [-0.15, -0.1) is 5.11 Å². The molecule has 0 atom stereocenters. The number of nitrogens with two attached hydrogens (primary N) is 1. The average Bonchev–Trinajstić information content (AvgIpc) is 2.40. The van der Waals surface area contributed by atoms with E-state index in [4.69, 9.17) is 5.90 Å². The molecule has 6 heteroatoms. The van der Waals surface area contributed by atoms with Gasteiger partial charge in [0.25, 0.3) is 0 Å². The Morgan fingerprint density at radius 3 is 2.41 bits per heavy atom. The van der Waals surface area contributed by atoms with Gasteiger partial charge in [0.15, 0.2) is 5.75 Å². The summed E-state index contributed by atoms with van der Waals surface area (Å²) in [5, 5.41) is 10.3. The Balaban J connectivity index is 1.91. The molecule has 17 heavy (non-hydrogen) atoms. The fraction of sp³-hybridized carbons (Fsp3) is 0.455.